The van der Waals surface area contributed by atoms with Crippen molar-refractivity contribution in [3.05, 3.63) is 47.9 Å². The van der Waals surface area contributed by atoms with Crippen LogP contribution in [-0.4, -0.2) is 48.4 Å². The zero-order chi connectivity index (χ0) is 18.7. The molecule has 2 heterocycles. The second-order valence-corrected chi connectivity index (χ2v) is 8.54. The van der Waals surface area contributed by atoms with Gasteiger partial charge in [-0.15, -0.1) is 0 Å². The third-order valence-corrected chi connectivity index (χ3v) is 6.05. The van der Waals surface area contributed by atoms with E-state index in [1.165, 1.54) is 0 Å². The molecule has 0 bridgehead atoms. The molecule has 1 N–H and O–H groups in total. The molecule has 0 spiro atoms. The molecule has 1 unspecified atom stereocenters. The summed E-state index contributed by atoms with van der Waals surface area (Å²) >= 11 is 0. The normalized spacial score (nSPS) is 18.5. The summed E-state index contributed by atoms with van der Waals surface area (Å²) < 4.78 is 23.1. The first kappa shape index (κ1) is 18.3. The number of rotatable bonds is 5. The number of carbonyl (C=O) groups excluding carboxylic acids is 1. The number of nitrogens with one attached hydrogen (secondary N) is 1. The SMILES string of the molecule is CCN(c1ccccc1)c1cc(C(=O)NC2CCS(=O)(=O)C2)nc(C)n1. The number of hydrogen-bond acceptors (Lipinski definition) is 6. The molecule has 8 heteroatoms. The Bertz CT molecular complexity index is 900. The Morgan fingerprint density at radius 3 is 2.62 bits per heavy atom. The van der Waals surface area contributed by atoms with Crippen LogP contribution in [0, 0.1) is 6.92 Å². The number of anilines is 2. The number of benzene rings is 1. The second kappa shape index (κ2) is 7.41. The van der Waals surface area contributed by atoms with Crippen LogP contribution in [0.3, 0.4) is 0 Å². The molecule has 0 aliphatic carbocycles. The maximum Gasteiger partial charge on any atom is 0.270 e. The summed E-state index contributed by atoms with van der Waals surface area (Å²) in [6, 6.07) is 11.1. The predicted octanol–water partition coefficient (Wildman–Crippen LogP) is 1.86. The first-order valence-corrected chi connectivity index (χ1v) is 10.4. The van der Waals surface area contributed by atoms with Gasteiger partial charge in [-0.05, 0) is 32.4 Å². The number of carbonyl (C=O) groups is 1. The molecule has 1 aromatic heterocycles. The molecule has 26 heavy (non-hydrogen) atoms. The van der Waals surface area contributed by atoms with Gasteiger partial charge in [0, 0.05) is 24.3 Å². The van der Waals surface area contributed by atoms with Crippen LogP contribution in [-0.2, 0) is 9.84 Å². The molecule has 2 aromatic rings. The van der Waals surface area contributed by atoms with Gasteiger partial charge in [-0.25, -0.2) is 18.4 Å². The minimum atomic E-state index is -3.05. The smallest absolute Gasteiger partial charge is 0.270 e. The monoisotopic (exact) mass is 374 g/mol. The first-order chi connectivity index (χ1) is 12.4. The predicted molar refractivity (Wildman–Crippen MR) is 100 cm³/mol. The highest BCUT2D eigenvalue weighted by Gasteiger charge is 2.29. The van der Waals surface area contributed by atoms with E-state index in [-0.39, 0.29) is 29.1 Å². The van der Waals surface area contributed by atoms with Gasteiger partial charge in [0.15, 0.2) is 9.84 Å². The summed E-state index contributed by atoms with van der Waals surface area (Å²) in [5.41, 5.74) is 1.22. The molecule has 1 fully saturated rings. The van der Waals surface area contributed by atoms with Gasteiger partial charge in [-0.2, -0.15) is 0 Å². The average Bonchev–Trinajstić information content (AvgIpc) is 2.94. The van der Waals surface area contributed by atoms with Crippen molar-refractivity contribution in [2.24, 2.45) is 0 Å². The molecule has 1 aromatic carbocycles. The third-order valence-electron chi connectivity index (χ3n) is 4.29. The Morgan fingerprint density at radius 1 is 1.27 bits per heavy atom. The lowest BCUT2D eigenvalue weighted by Gasteiger charge is -2.23. The van der Waals surface area contributed by atoms with Crippen molar-refractivity contribution in [2.45, 2.75) is 26.3 Å². The third kappa shape index (κ3) is 4.19. The van der Waals surface area contributed by atoms with Crippen LogP contribution in [0.5, 0.6) is 0 Å². The maximum atomic E-state index is 12.5. The molecule has 7 nitrogen and oxygen atoms in total. The Morgan fingerprint density at radius 2 is 2.00 bits per heavy atom. The van der Waals surface area contributed by atoms with Gasteiger partial charge in [0.25, 0.3) is 5.91 Å². The van der Waals surface area contributed by atoms with Crippen LogP contribution in [0.2, 0.25) is 0 Å². The van der Waals surface area contributed by atoms with Gasteiger partial charge in [-0.3, -0.25) is 4.79 Å². The van der Waals surface area contributed by atoms with Crippen molar-refractivity contribution >= 4 is 27.2 Å². The van der Waals surface area contributed by atoms with E-state index in [0.717, 1.165) is 5.69 Å². The fourth-order valence-electron chi connectivity index (χ4n) is 3.06. The lowest BCUT2D eigenvalue weighted by molar-refractivity contribution is 0.0935. The second-order valence-electron chi connectivity index (χ2n) is 6.31. The number of aryl methyl sites for hydroxylation is 1. The van der Waals surface area contributed by atoms with E-state index in [1.54, 1.807) is 13.0 Å². The zero-order valence-corrected chi connectivity index (χ0v) is 15.7. The van der Waals surface area contributed by atoms with Crippen molar-refractivity contribution in [2.75, 3.05) is 23.0 Å². The molecule has 3 rings (SSSR count). The summed E-state index contributed by atoms with van der Waals surface area (Å²) in [5, 5.41) is 2.78. The largest absolute Gasteiger partial charge is 0.347 e. The summed E-state index contributed by atoms with van der Waals surface area (Å²) in [6.07, 6.45) is 0.441. The van der Waals surface area contributed by atoms with Gasteiger partial charge >= 0.3 is 0 Å². The fraction of sp³-hybridized carbons (Fsp3) is 0.389. The highest BCUT2D eigenvalue weighted by atomic mass is 32.2. The van der Waals surface area contributed by atoms with Crippen molar-refractivity contribution < 1.29 is 13.2 Å². The van der Waals surface area contributed by atoms with Crippen molar-refractivity contribution in [3.8, 4) is 0 Å². The number of hydrogen-bond donors (Lipinski definition) is 1. The minimum absolute atomic E-state index is 0.0131. The number of para-hydroxylation sites is 1. The highest BCUT2D eigenvalue weighted by Crippen LogP contribution is 2.23. The Balaban J connectivity index is 1.84. The van der Waals surface area contributed by atoms with Gasteiger partial charge in [0.2, 0.25) is 0 Å². The topological polar surface area (TPSA) is 92.3 Å². The van der Waals surface area contributed by atoms with E-state index in [4.69, 9.17) is 0 Å². The van der Waals surface area contributed by atoms with E-state index >= 15 is 0 Å². The molecule has 138 valence electrons. The molecular weight excluding hydrogens is 352 g/mol. The van der Waals surface area contributed by atoms with E-state index < -0.39 is 9.84 Å². The van der Waals surface area contributed by atoms with Crippen LogP contribution in [0.1, 0.15) is 29.7 Å². The van der Waals surface area contributed by atoms with E-state index in [0.29, 0.717) is 24.6 Å². The average molecular weight is 374 g/mol. The van der Waals surface area contributed by atoms with Crippen LogP contribution in [0.25, 0.3) is 0 Å². The van der Waals surface area contributed by atoms with Gasteiger partial charge in [0.1, 0.15) is 17.3 Å². The van der Waals surface area contributed by atoms with E-state index in [9.17, 15) is 13.2 Å². The maximum absolute atomic E-state index is 12.5. The summed E-state index contributed by atoms with van der Waals surface area (Å²) in [7, 11) is -3.05. The quantitative estimate of drug-likeness (QED) is 0.859. The standard InChI is InChI=1S/C18H22N4O3S/c1-3-22(15-7-5-4-6-8-15)17-11-16(19-13(2)20-17)18(23)21-14-9-10-26(24,25)12-14/h4-8,11,14H,3,9-10,12H2,1-2H3,(H,21,23). The molecule has 1 atom stereocenters. The van der Waals surface area contributed by atoms with Crippen LogP contribution in [0.15, 0.2) is 36.4 Å². The van der Waals surface area contributed by atoms with E-state index in [2.05, 4.69) is 15.3 Å². The van der Waals surface area contributed by atoms with Crippen LogP contribution in [0.4, 0.5) is 11.5 Å². The summed E-state index contributed by atoms with van der Waals surface area (Å²) in [6.45, 7) is 4.43. The van der Waals surface area contributed by atoms with Crippen molar-refractivity contribution in [1.29, 1.82) is 0 Å². The number of amides is 1. The van der Waals surface area contributed by atoms with Crippen molar-refractivity contribution in [3.63, 3.8) is 0 Å². The van der Waals surface area contributed by atoms with Gasteiger partial charge in [0.05, 0.1) is 11.5 Å². The molecule has 0 saturated carbocycles. The van der Waals surface area contributed by atoms with Crippen molar-refractivity contribution in [1.82, 2.24) is 15.3 Å². The minimum Gasteiger partial charge on any atom is -0.347 e. The molecule has 0 radical (unpaired) electrons. The lowest BCUT2D eigenvalue weighted by Crippen LogP contribution is -2.36. The van der Waals surface area contributed by atoms with Crippen LogP contribution < -0.4 is 10.2 Å². The fourth-order valence-corrected chi connectivity index (χ4v) is 4.73. The van der Waals surface area contributed by atoms with Gasteiger partial charge in [-0.1, -0.05) is 18.2 Å². The molecule has 1 aliphatic rings. The molecule has 1 aliphatic heterocycles. The molecule has 1 amide bonds. The first-order valence-electron chi connectivity index (χ1n) is 8.57. The number of nitrogens with zero attached hydrogens (tertiary/aromatic N) is 3. The van der Waals surface area contributed by atoms with E-state index in [1.807, 2.05) is 42.2 Å². The highest BCUT2D eigenvalue weighted by molar-refractivity contribution is 7.91. The zero-order valence-electron chi connectivity index (χ0n) is 14.8. The number of sulfone groups is 1. The van der Waals surface area contributed by atoms with Gasteiger partial charge < -0.3 is 10.2 Å². The number of aromatic nitrogens is 2. The molecule has 1 saturated heterocycles. The Hall–Kier alpha value is -2.48. The lowest BCUT2D eigenvalue weighted by atomic mass is 10.2. The Labute approximate surface area is 153 Å². The molecular formula is C18H22N4O3S. The Kier molecular flexibility index (Phi) is 5.22. The summed E-state index contributed by atoms with van der Waals surface area (Å²) in [5.74, 6) is 0.851. The summed E-state index contributed by atoms with van der Waals surface area (Å²) in [4.78, 5) is 23.2. The van der Waals surface area contributed by atoms with Crippen LogP contribution >= 0.6 is 0 Å².